The van der Waals surface area contributed by atoms with Gasteiger partial charge in [-0.3, -0.25) is 9.52 Å². The van der Waals surface area contributed by atoms with E-state index in [1.807, 2.05) is 51.1 Å². The fourth-order valence-corrected chi connectivity index (χ4v) is 4.34. The molecule has 180 valence electrons. The van der Waals surface area contributed by atoms with Crippen LogP contribution in [-0.2, 0) is 21.2 Å². The Hall–Kier alpha value is -3.52. The van der Waals surface area contributed by atoms with Crippen molar-refractivity contribution in [3.63, 3.8) is 0 Å². The standard InChI is InChI=1S/C26H30N2O5S/c1-4-32-24-16-8-20(18-25(24)33-5-2)9-17-26(29)27-21-12-14-23(15-13-21)34(30,31)28-22-10-6-19(3)7-11-22/h6-8,10-16,18,28H,4-5,9,17H2,1-3H3,(H,27,29). The minimum absolute atomic E-state index is 0.115. The highest BCUT2D eigenvalue weighted by molar-refractivity contribution is 7.92. The molecule has 0 saturated heterocycles. The van der Waals surface area contributed by atoms with Crippen LogP contribution in [0.3, 0.4) is 0 Å². The van der Waals surface area contributed by atoms with Crippen molar-refractivity contribution >= 4 is 27.3 Å². The van der Waals surface area contributed by atoms with Gasteiger partial charge >= 0.3 is 0 Å². The Morgan fingerprint density at radius 1 is 0.824 bits per heavy atom. The molecule has 3 aromatic rings. The zero-order chi connectivity index (χ0) is 24.6. The number of ether oxygens (including phenoxy) is 2. The van der Waals surface area contributed by atoms with E-state index in [2.05, 4.69) is 10.0 Å². The number of sulfonamides is 1. The molecule has 0 bridgehead atoms. The molecule has 0 fully saturated rings. The number of aryl methyl sites for hydroxylation is 2. The molecule has 0 aromatic heterocycles. The lowest BCUT2D eigenvalue weighted by Crippen LogP contribution is -2.14. The van der Waals surface area contributed by atoms with Crippen molar-refractivity contribution in [1.82, 2.24) is 0 Å². The first-order chi connectivity index (χ1) is 16.3. The second kappa shape index (κ2) is 11.6. The molecule has 2 N–H and O–H groups in total. The van der Waals surface area contributed by atoms with E-state index in [9.17, 15) is 13.2 Å². The lowest BCUT2D eigenvalue weighted by molar-refractivity contribution is -0.116. The average molecular weight is 483 g/mol. The molecule has 0 heterocycles. The molecule has 0 spiro atoms. The summed E-state index contributed by atoms with van der Waals surface area (Å²) in [6.07, 6.45) is 0.805. The number of hydrogen-bond acceptors (Lipinski definition) is 5. The lowest BCUT2D eigenvalue weighted by Gasteiger charge is -2.12. The topological polar surface area (TPSA) is 93.7 Å². The smallest absolute Gasteiger partial charge is 0.261 e. The molecular formula is C26H30N2O5S. The Morgan fingerprint density at radius 3 is 2.09 bits per heavy atom. The zero-order valence-electron chi connectivity index (χ0n) is 19.6. The predicted molar refractivity (Wildman–Crippen MR) is 134 cm³/mol. The molecular weight excluding hydrogens is 452 g/mol. The monoisotopic (exact) mass is 482 g/mol. The first-order valence-electron chi connectivity index (χ1n) is 11.2. The number of hydrogen-bond donors (Lipinski definition) is 2. The number of amides is 1. The summed E-state index contributed by atoms with van der Waals surface area (Å²) in [6.45, 7) is 6.82. The average Bonchev–Trinajstić information content (AvgIpc) is 2.81. The molecule has 1 amide bonds. The third-order valence-electron chi connectivity index (χ3n) is 5.00. The molecule has 0 radical (unpaired) electrons. The van der Waals surface area contributed by atoms with Gasteiger partial charge in [0.1, 0.15) is 0 Å². The summed E-state index contributed by atoms with van der Waals surface area (Å²) in [5.74, 6) is 1.18. The van der Waals surface area contributed by atoms with Crippen LogP contribution in [0.2, 0.25) is 0 Å². The van der Waals surface area contributed by atoms with E-state index in [1.165, 1.54) is 12.1 Å². The third-order valence-corrected chi connectivity index (χ3v) is 6.40. The van der Waals surface area contributed by atoms with Crippen LogP contribution in [0.4, 0.5) is 11.4 Å². The fraction of sp³-hybridized carbons (Fsp3) is 0.269. The molecule has 0 aliphatic carbocycles. The number of rotatable bonds is 11. The third kappa shape index (κ3) is 6.99. The van der Waals surface area contributed by atoms with E-state index >= 15 is 0 Å². The van der Waals surface area contributed by atoms with Gasteiger partial charge in [-0.05, 0) is 81.3 Å². The second-order valence-corrected chi connectivity index (χ2v) is 9.37. The summed E-state index contributed by atoms with van der Waals surface area (Å²) in [5, 5.41) is 2.81. The van der Waals surface area contributed by atoms with E-state index in [0.717, 1.165) is 11.1 Å². The Bertz CT molecular complexity index is 1210. The molecule has 7 nitrogen and oxygen atoms in total. The zero-order valence-corrected chi connectivity index (χ0v) is 20.4. The van der Waals surface area contributed by atoms with Gasteiger partial charge in [0.2, 0.25) is 5.91 Å². The van der Waals surface area contributed by atoms with Gasteiger partial charge in [0.25, 0.3) is 10.0 Å². The highest BCUT2D eigenvalue weighted by Crippen LogP contribution is 2.29. The SMILES string of the molecule is CCOc1ccc(CCC(=O)Nc2ccc(S(=O)(=O)Nc3ccc(C)cc3)cc2)cc1OCC. The molecule has 0 aliphatic rings. The van der Waals surface area contributed by atoms with E-state index < -0.39 is 10.0 Å². The van der Waals surface area contributed by atoms with E-state index in [-0.39, 0.29) is 17.2 Å². The molecule has 3 aromatic carbocycles. The number of carbonyl (C=O) groups is 1. The molecule has 3 rings (SSSR count). The molecule has 0 aliphatic heterocycles. The minimum atomic E-state index is -3.72. The second-order valence-electron chi connectivity index (χ2n) is 7.69. The van der Waals surface area contributed by atoms with E-state index in [4.69, 9.17) is 9.47 Å². The van der Waals surface area contributed by atoms with Gasteiger partial charge in [0.05, 0.1) is 18.1 Å². The highest BCUT2D eigenvalue weighted by atomic mass is 32.2. The first kappa shape index (κ1) is 25.1. The maximum Gasteiger partial charge on any atom is 0.261 e. The molecule has 8 heteroatoms. The summed E-state index contributed by atoms with van der Waals surface area (Å²) < 4.78 is 39.0. The summed E-state index contributed by atoms with van der Waals surface area (Å²) >= 11 is 0. The van der Waals surface area contributed by atoms with E-state index in [1.54, 1.807) is 24.3 Å². The van der Waals surface area contributed by atoms with E-state index in [0.29, 0.717) is 42.5 Å². The number of benzene rings is 3. The van der Waals surface area contributed by atoms with Crippen molar-refractivity contribution in [3.8, 4) is 11.5 Å². The number of nitrogens with one attached hydrogen (secondary N) is 2. The first-order valence-corrected chi connectivity index (χ1v) is 12.7. The van der Waals surface area contributed by atoms with Crippen LogP contribution >= 0.6 is 0 Å². The van der Waals surface area contributed by atoms with Crippen molar-refractivity contribution in [2.24, 2.45) is 0 Å². The summed E-state index contributed by atoms with van der Waals surface area (Å²) in [6, 6.07) is 18.8. The van der Waals surface area contributed by atoms with Gasteiger partial charge in [-0.25, -0.2) is 8.42 Å². The van der Waals surface area contributed by atoms with Gasteiger partial charge in [0.15, 0.2) is 11.5 Å². The van der Waals surface area contributed by atoms with Crippen LogP contribution in [0, 0.1) is 6.92 Å². The van der Waals surface area contributed by atoms with Gasteiger partial charge in [0, 0.05) is 17.8 Å². The van der Waals surface area contributed by atoms with Gasteiger partial charge in [-0.1, -0.05) is 23.8 Å². The Kier molecular flexibility index (Phi) is 8.54. The van der Waals surface area contributed by atoms with Crippen molar-refractivity contribution < 1.29 is 22.7 Å². The quantitative estimate of drug-likeness (QED) is 0.394. The highest BCUT2D eigenvalue weighted by Gasteiger charge is 2.14. The Labute approximate surface area is 201 Å². The lowest BCUT2D eigenvalue weighted by atomic mass is 10.1. The maximum atomic E-state index is 12.6. The predicted octanol–water partition coefficient (Wildman–Crippen LogP) is 5.16. The normalized spacial score (nSPS) is 11.0. The van der Waals surface area contributed by atoms with Crippen LogP contribution in [0.5, 0.6) is 11.5 Å². The molecule has 0 saturated carbocycles. The molecule has 0 atom stereocenters. The fourth-order valence-electron chi connectivity index (χ4n) is 3.29. The van der Waals surface area contributed by atoms with Gasteiger partial charge in [-0.2, -0.15) is 0 Å². The maximum absolute atomic E-state index is 12.6. The van der Waals surface area contributed by atoms with Crippen LogP contribution in [-0.4, -0.2) is 27.5 Å². The van der Waals surface area contributed by atoms with Crippen LogP contribution in [0.25, 0.3) is 0 Å². The van der Waals surface area contributed by atoms with Gasteiger partial charge < -0.3 is 14.8 Å². The van der Waals surface area contributed by atoms with Gasteiger partial charge in [-0.15, -0.1) is 0 Å². The number of carbonyl (C=O) groups excluding carboxylic acids is 1. The van der Waals surface area contributed by atoms with Crippen LogP contribution < -0.4 is 19.5 Å². The van der Waals surface area contributed by atoms with Crippen molar-refractivity contribution in [1.29, 1.82) is 0 Å². The molecule has 34 heavy (non-hydrogen) atoms. The van der Waals surface area contributed by atoms with Crippen molar-refractivity contribution in [2.45, 2.75) is 38.5 Å². The Balaban J connectivity index is 1.57. The summed E-state index contributed by atoms with van der Waals surface area (Å²) in [7, 11) is -3.72. The summed E-state index contributed by atoms with van der Waals surface area (Å²) in [5.41, 5.74) is 3.02. The van der Waals surface area contributed by atoms with Crippen LogP contribution in [0.1, 0.15) is 31.4 Å². The molecule has 0 unspecified atom stereocenters. The number of anilines is 2. The van der Waals surface area contributed by atoms with Crippen LogP contribution in [0.15, 0.2) is 71.6 Å². The minimum Gasteiger partial charge on any atom is -0.490 e. The Morgan fingerprint density at radius 2 is 1.44 bits per heavy atom. The largest absolute Gasteiger partial charge is 0.490 e. The summed E-state index contributed by atoms with van der Waals surface area (Å²) in [4.78, 5) is 12.5. The van der Waals surface area contributed by atoms with Crippen molar-refractivity contribution in [3.05, 3.63) is 77.9 Å². The van der Waals surface area contributed by atoms with Crippen molar-refractivity contribution in [2.75, 3.05) is 23.3 Å².